The second kappa shape index (κ2) is 3.66. The summed E-state index contributed by atoms with van der Waals surface area (Å²) in [7, 11) is 0. The van der Waals surface area contributed by atoms with E-state index in [9.17, 15) is 0 Å². The minimum absolute atomic E-state index is 0.521. The Bertz CT molecular complexity index is 354. The summed E-state index contributed by atoms with van der Waals surface area (Å²) < 4.78 is 0. The first-order chi connectivity index (χ1) is 6.70. The summed E-state index contributed by atoms with van der Waals surface area (Å²) >= 11 is 6.13. The summed E-state index contributed by atoms with van der Waals surface area (Å²) in [5, 5.41) is 0.977. The summed E-state index contributed by atoms with van der Waals surface area (Å²) in [6, 6.07) is 10.8. The highest BCUT2D eigenvalue weighted by atomic mass is 35.5. The van der Waals surface area contributed by atoms with Gasteiger partial charge in [0.05, 0.1) is 17.3 Å². The first-order valence-corrected chi connectivity index (χ1v) is 5.28. The molecule has 1 aliphatic heterocycles. The molecule has 0 aromatic heterocycles. The van der Waals surface area contributed by atoms with Crippen molar-refractivity contribution in [1.29, 1.82) is 0 Å². The molecule has 0 saturated carbocycles. The van der Waals surface area contributed by atoms with Crippen LogP contribution in [-0.2, 0) is 0 Å². The predicted molar refractivity (Wildman–Crippen MR) is 61.1 cm³/mol. The van der Waals surface area contributed by atoms with E-state index in [0.29, 0.717) is 6.04 Å². The van der Waals surface area contributed by atoms with Crippen LogP contribution in [0.2, 0.25) is 0 Å². The number of rotatable bonds is 2. The molecular formula is C12H14ClN. The van der Waals surface area contributed by atoms with Crippen molar-refractivity contribution in [1.82, 2.24) is 4.90 Å². The summed E-state index contributed by atoms with van der Waals surface area (Å²) in [5.41, 5.74) is 2.42. The summed E-state index contributed by atoms with van der Waals surface area (Å²) in [5.74, 6) is 0. The van der Waals surface area contributed by atoms with Gasteiger partial charge in [-0.1, -0.05) is 41.9 Å². The van der Waals surface area contributed by atoms with E-state index in [0.717, 1.165) is 11.6 Å². The Labute approximate surface area is 90.0 Å². The zero-order valence-corrected chi connectivity index (χ0v) is 9.25. The Hall–Kier alpha value is -0.950. The largest absolute Gasteiger partial charge is 0.362 e. The fraction of sp³-hybridized carbons (Fsp3) is 0.333. The molecule has 0 N–H and O–H groups in total. The van der Waals surface area contributed by atoms with Crippen LogP contribution < -0.4 is 0 Å². The first-order valence-electron chi connectivity index (χ1n) is 4.91. The SMILES string of the molecule is CC(C)N1CC(Cl)=C1c1ccccc1. The lowest BCUT2D eigenvalue weighted by Crippen LogP contribution is -2.38. The number of hydrogen-bond acceptors (Lipinski definition) is 1. The first kappa shape index (κ1) is 9.60. The van der Waals surface area contributed by atoms with E-state index in [1.165, 1.54) is 11.3 Å². The van der Waals surface area contributed by atoms with Crippen LogP contribution >= 0.6 is 11.6 Å². The topological polar surface area (TPSA) is 3.24 Å². The quantitative estimate of drug-likeness (QED) is 0.719. The maximum atomic E-state index is 6.13. The molecular weight excluding hydrogens is 194 g/mol. The molecule has 0 bridgehead atoms. The molecule has 0 spiro atoms. The maximum absolute atomic E-state index is 6.13. The Morgan fingerprint density at radius 3 is 2.36 bits per heavy atom. The van der Waals surface area contributed by atoms with Gasteiger partial charge in [0, 0.05) is 6.04 Å². The molecule has 0 radical (unpaired) electrons. The van der Waals surface area contributed by atoms with E-state index in [2.05, 4.69) is 30.9 Å². The third-order valence-corrected chi connectivity index (χ3v) is 2.82. The molecule has 0 atom stereocenters. The van der Waals surface area contributed by atoms with Crippen molar-refractivity contribution in [2.45, 2.75) is 19.9 Å². The molecule has 0 aliphatic carbocycles. The van der Waals surface area contributed by atoms with Gasteiger partial charge in [0.15, 0.2) is 0 Å². The zero-order valence-electron chi connectivity index (χ0n) is 8.50. The second-order valence-electron chi connectivity index (χ2n) is 3.84. The van der Waals surface area contributed by atoms with E-state index in [-0.39, 0.29) is 0 Å². The van der Waals surface area contributed by atoms with Crippen LogP contribution in [0.3, 0.4) is 0 Å². The van der Waals surface area contributed by atoms with Gasteiger partial charge in [-0.3, -0.25) is 0 Å². The standard InChI is InChI=1S/C12H14ClN/c1-9(2)14-8-11(13)12(14)10-6-4-3-5-7-10/h3-7,9H,8H2,1-2H3. The Balaban J connectivity index is 2.31. The van der Waals surface area contributed by atoms with Crippen molar-refractivity contribution in [3.63, 3.8) is 0 Å². The van der Waals surface area contributed by atoms with Crippen LogP contribution in [0, 0.1) is 0 Å². The molecule has 74 valence electrons. The van der Waals surface area contributed by atoms with Gasteiger partial charge < -0.3 is 4.90 Å². The van der Waals surface area contributed by atoms with Gasteiger partial charge in [0.25, 0.3) is 0 Å². The molecule has 2 heteroatoms. The van der Waals surface area contributed by atoms with Crippen LogP contribution in [0.25, 0.3) is 5.70 Å². The van der Waals surface area contributed by atoms with Crippen molar-refractivity contribution in [3.8, 4) is 0 Å². The Morgan fingerprint density at radius 1 is 1.21 bits per heavy atom. The highest BCUT2D eigenvalue weighted by Gasteiger charge is 2.27. The average molecular weight is 208 g/mol. The molecule has 0 amide bonds. The average Bonchev–Trinajstić information content (AvgIpc) is 2.15. The van der Waals surface area contributed by atoms with Gasteiger partial charge in [-0.05, 0) is 19.4 Å². The lowest BCUT2D eigenvalue weighted by Gasteiger charge is -2.40. The van der Waals surface area contributed by atoms with Crippen molar-refractivity contribution in [2.24, 2.45) is 0 Å². The minimum atomic E-state index is 0.521. The van der Waals surface area contributed by atoms with E-state index in [1.54, 1.807) is 0 Å². The monoisotopic (exact) mass is 207 g/mol. The van der Waals surface area contributed by atoms with E-state index in [4.69, 9.17) is 11.6 Å². The van der Waals surface area contributed by atoms with Crippen molar-refractivity contribution in [2.75, 3.05) is 6.54 Å². The molecule has 1 heterocycles. The molecule has 0 unspecified atom stereocenters. The third kappa shape index (κ3) is 1.53. The fourth-order valence-electron chi connectivity index (χ4n) is 1.73. The normalized spacial score (nSPS) is 16.1. The molecule has 1 aliphatic rings. The van der Waals surface area contributed by atoms with Crippen LogP contribution in [0.15, 0.2) is 35.4 Å². The van der Waals surface area contributed by atoms with Gasteiger partial charge >= 0.3 is 0 Å². The minimum Gasteiger partial charge on any atom is -0.362 e. The van der Waals surface area contributed by atoms with E-state index in [1.807, 2.05) is 18.2 Å². The highest BCUT2D eigenvalue weighted by Crippen LogP contribution is 2.36. The third-order valence-electron chi connectivity index (χ3n) is 2.52. The summed E-state index contributed by atoms with van der Waals surface area (Å²) in [6.07, 6.45) is 0. The van der Waals surface area contributed by atoms with Gasteiger partial charge in [0.2, 0.25) is 0 Å². The number of halogens is 1. The van der Waals surface area contributed by atoms with Gasteiger partial charge in [-0.25, -0.2) is 0 Å². The highest BCUT2D eigenvalue weighted by molar-refractivity contribution is 6.34. The van der Waals surface area contributed by atoms with Gasteiger partial charge in [-0.2, -0.15) is 0 Å². The molecule has 0 saturated heterocycles. The second-order valence-corrected chi connectivity index (χ2v) is 4.30. The molecule has 1 aromatic carbocycles. The van der Waals surface area contributed by atoms with Crippen LogP contribution in [-0.4, -0.2) is 17.5 Å². The van der Waals surface area contributed by atoms with Crippen molar-refractivity contribution in [3.05, 3.63) is 40.9 Å². The molecule has 0 fully saturated rings. The summed E-state index contributed by atoms with van der Waals surface area (Å²) in [6.45, 7) is 5.27. The number of benzene rings is 1. The fourth-order valence-corrected chi connectivity index (χ4v) is 2.07. The Morgan fingerprint density at radius 2 is 1.86 bits per heavy atom. The lowest BCUT2D eigenvalue weighted by atomic mass is 10.0. The van der Waals surface area contributed by atoms with Crippen molar-refractivity contribution < 1.29 is 0 Å². The van der Waals surface area contributed by atoms with Crippen molar-refractivity contribution >= 4 is 17.3 Å². The van der Waals surface area contributed by atoms with Crippen LogP contribution in [0.1, 0.15) is 19.4 Å². The summed E-state index contributed by atoms with van der Waals surface area (Å²) in [4.78, 5) is 2.32. The van der Waals surface area contributed by atoms with Gasteiger partial charge in [0.1, 0.15) is 0 Å². The molecule has 1 nitrogen and oxygen atoms in total. The molecule has 14 heavy (non-hydrogen) atoms. The maximum Gasteiger partial charge on any atom is 0.0614 e. The molecule has 2 rings (SSSR count). The number of hydrogen-bond donors (Lipinski definition) is 0. The van der Waals surface area contributed by atoms with Gasteiger partial charge in [-0.15, -0.1) is 0 Å². The number of nitrogens with zero attached hydrogens (tertiary/aromatic N) is 1. The molecule has 1 aromatic rings. The van der Waals surface area contributed by atoms with E-state index < -0.39 is 0 Å². The lowest BCUT2D eigenvalue weighted by molar-refractivity contribution is 0.327. The predicted octanol–water partition coefficient (Wildman–Crippen LogP) is 3.32. The van der Waals surface area contributed by atoms with Crippen LogP contribution in [0.5, 0.6) is 0 Å². The smallest absolute Gasteiger partial charge is 0.0614 e. The Kier molecular flexibility index (Phi) is 2.51. The zero-order chi connectivity index (χ0) is 10.1. The van der Waals surface area contributed by atoms with E-state index >= 15 is 0 Å². The van der Waals surface area contributed by atoms with Crippen LogP contribution in [0.4, 0.5) is 0 Å².